The van der Waals surface area contributed by atoms with Crippen LogP contribution >= 0.6 is 11.3 Å². The molecule has 1 N–H and O–H groups in total. The summed E-state index contributed by atoms with van der Waals surface area (Å²) >= 11 is 1.58. The van der Waals surface area contributed by atoms with Gasteiger partial charge in [0.25, 0.3) is 5.91 Å². The molecular formula is C19H18N2O3S. The zero-order valence-corrected chi connectivity index (χ0v) is 14.8. The second-order valence-electron chi connectivity index (χ2n) is 5.31. The van der Waals surface area contributed by atoms with Crippen molar-refractivity contribution in [2.24, 2.45) is 0 Å². The van der Waals surface area contributed by atoms with Gasteiger partial charge in [0.2, 0.25) is 0 Å². The molecule has 0 atom stereocenters. The second kappa shape index (κ2) is 7.81. The molecule has 0 saturated carbocycles. The van der Waals surface area contributed by atoms with Crippen molar-refractivity contribution in [1.82, 2.24) is 4.98 Å². The van der Waals surface area contributed by atoms with Crippen LogP contribution in [0.25, 0.3) is 11.3 Å². The van der Waals surface area contributed by atoms with Gasteiger partial charge in [0, 0.05) is 10.9 Å². The lowest BCUT2D eigenvalue weighted by molar-refractivity contribution is -0.118. The topological polar surface area (TPSA) is 60.5 Å². The minimum Gasteiger partial charge on any atom is -0.497 e. The Balaban J connectivity index is 1.65. The number of carbonyl (C=O) groups excluding carboxylic acids is 1. The molecule has 0 aliphatic rings. The Morgan fingerprint density at radius 3 is 2.52 bits per heavy atom. The summed E-state index contributed by atoms with van der Waals surface area (Å²) in [5.41, 5.74) is 2.47. The number of hydrogen-bond acceptors (Lipinski definition) is 5. The Hall–Kier alpha value is -2.86. The molecule has 1 aromatic heterocycles. The number of nitrogens with zero attached hydrogens (tertiary/aromatic N) is 1. The van der Waals surface area contributed by atoms with Crippen molar-refractivity contribution < 1.29 is 14.3 Å². The Labute approximate surface area is 150 Å². The Kier molecular flexibility index (Phi) is 5.30. The van der Waals surface area contributed by atoms with Gasteiger partial charge in [-0.25, -0.2) is 4.98 Å². The zero-order chi connectivity index (χ0) is 17.6. The number of benzene rings is 2. The number of ether oxygens (including phenoxy) is 2. The van der Waals surface area contributed by atoms with E-state index in [0.29, 0.717) is 5.75 Å². The molecule has 0 fully saturated rings. The van der Waals surface area contributed by atoms with Crippen molar-refractivity contribution in [3.05, 3.63) is 58.9 Å². The third-order valence-corrected chi connectivity index (χ3v) is 4.30. The molecule has 1 heterocycles. The fourth-order valence-corrected chi connectivity index (χ4v) is 2.92. The lowest BCUT2D eigenvalue weighted by Crippen LogP contribution is -2.20. The lowest BCUT2D eigenvalue weighted by atomic mass is 10.1. The number of carbonyl (C=O) groups is 1. The van der Waals surface area contributed by atoms with Crippen LogP contribution in [0, 0.1) is 6.92 Å². The average Bonchev–Trinajstić information content (AvgIpc) is 3.07. The van der Waals surface area contributed by atoms with Crippen LogP contribution in [0.1, 0.15) is 5.01 Å². The quantitative estimate of drug-likeness (QED) is 0.722. The minimum absolute atomic E-state index is 0.0727. The molecule has 3 aromatic rings. The number of rotatable bonds is 6. The van der Waals surface area contributed by atoms with E-state index in [1.54, 1.807) is 42.7 Å². The van der Waals surface area contributed by atoms with Crippen LogP contribution in [-0.4, -0.2) is 24.6 Å². The molecule has 128 valence electrons. The molecule has 0 aliphatic carbocycles. The number of amides is 1. The molecule has 2 aromatic carbocycles. The van der Waals surface area contributed by atoms with Gasteiger partial charge in [0.15, 0.2) is 6.61 Å². The van der Waals surface area contributed by atoms with Crippen molar-refractivity contribution in [1.29, 1.82) is 0 Å². The second-order valence-corrected chi connectivity index (χ2v) is 6.37. The van der Waals surface area contributed by atoms with Gasteiger partial charge in [-0.05, 0) is 37.3 Å². The summed E-state index contributed by atoms with van der Waals surface area (Å²) in [6.07, 6.45) is 0. The van der Waals surface area contributed by atoms with Crippen LogP contribution in [0.4, 0.5) is 5.69 Å². The van der Waals surface area contributed by atoms with Gasteiger partial charge in [0.1, 0.15) is 11.5 Å². The van der Waals surface area contributed by atoms with Crippen molar-refractivity contribution in [2.75, 3.05) is 19.0 Å². The summed E-state index contributed by atoms with van der Waals surface area (Å²) in [6, 6.07) is 14.7. The molecule has 0 saturated heterocycles. The van der Waals surface area contributed by atoms with Crippen LogP contribution in [-0.2, 0) is 4.79 Å². The number of aromatic nitrogens is 1. The van der Waals surface area contributed by atoms with Crippen molar-refractivity contribution in [3.63, 3.8) is 0 Å². The Morgan fingerprint density at radius 2 is 1.84 bits per heavy atom. The first kappa shape index (κ1) is 17.0. The normalized spacial score (nSPS) is 10.3. The SMILES string of the molecule is COc1ccc(OCC(=O)Nc2ccccc2-c2csc(C)n2)cc1. The van der Waals surface area contributed by atoms with E-state index >= 15 is 0 Å². The number of hydrogen-bond donors (Lipinski definition) is 1. The Morgan fingerprint density at radius 1 is 1.12 bits per heavy atom. The molecule has 3 rings (SSSR count). The largest absolute Gasteiger partial charge is 0.497 e. The van der Waals surface area contributed by atoms with Crippen LogP contribution in [0.5, 0.6) is 11.5 Å². The predicted octanol–water partition coefficient (Wildman–Crippen LogP) is 4.14. The number of methoxy groups -OCH3 is 1. The van der Waals surface area contributed by atoms with Gasteiger partial charge < -0.3 is 14.8 Å². The summed E-state index contributed by atoms with van der Waals surface area (Å²) in [4.78, 5) is 16.7. The number of aryl methyl sites for hydroxylation is 1. The van der Waals surface area contributed by atoms with Crippen LogP contribution in [0.3, 0.4) is 0 Å². The van der Waals surface area contributed by atoms with Gasteiger partial charge >= 0.3 is 0 Å². The summed E-state index contributed by atoms with van der Waals surface area (Å²) in [5, 5.41) is 5.85. The van der Waals surface area contributed by atoms with Crippen molar-refractivity contribution in [2.45, 2.75) is 6.92 Å². The Bertz CT molecular complexity index is 859. The van der Waals surface area contributed by atoms with E-state index in [9.17, 15) is 4.79 Å². The molecule has 0 spiro atoms. The van der Waals surface area contributed by atoms with Crippen molar-refractivity contribution >= 4 is 22.9 Å². The maximum absolute atomic E-state index is 12.2. The standard InChI is InChI=1S/C19H18N2O3S/c1-13-20-18(12-25-13)16-5-3-4-6-17(16)21-19(22)11-24-15-9-7-14(23-2)8-10-15/h3-10,12H,11H2,1-2H3,(H,21,22). The monoisotopic (exact) mass is 354 g/mol. The third-order valence-electron chi connectivity index (χ3n) is 3.53. The summed E-state index contributed by atoms with van der Waals surface area (Å²) in [6.45, 7) is 1.88. The maximum atomic E-state index is 12.2. The lowest BCUT2D eigenvalue weighted by Gasteiger charge is -2.11. The number of nitrogens with one attached hydrogen (secondary N) is 1. The highest BCUT2D eigenvalue weighted by atomic mass is 32.1. The highest BCUT2D eigenvalue weighted by Crippen LogP contribution is 2.28. The molecule has 1 amide bonds. The number of thiazole rings is 1. The fourth-order valence-electron chi connectivity index (χ4n) is 2.31. The molecule has 25 heavy (non-hydrogen) atoms. The molecule has 0 unspecified atom stereocenters. The first-order chi connectivity index (χ1) is 12.2. The zero-order valence-electron chi connectivity index (χ0n) is 14.0. The summed E-state index contributed by atoms with van der Waals surface area (Å²) in [7, 11) is 1.60. The first-order valence-electron chi connectivity index (χ1n) is 7.74. The maximum Gasteiger partial charge on any atom is 0.262 e. The van der Waals surface area contributed by atoms with E-state index in [0.717, 1.165) is 27.7 Å². The predicted molar refractivity (Wildman–Crippen MR) is 99.4 cm³/mol. The van der Waals surface area contributed by atoms with Gasteiger partial charge in [-0.2, -0.15) is 0 Å². The highest BCUT2D eigenvalue weighted by molar-refractivity contribution is 7.09. The average molecular weight is 354 g/mol. The molecule has 0 aliphatic heterocycles. The highest BCUT2D eigenvalue weighted by Gasteiger charge is 2.11. The first-order valence-corrected chi connectivity index (χ1v) is 8.62. The van der Waals surface area contributed by atoms with Crippen LogP contribution in [0.2, 0.25) is 0 Å². The minimum atomic E-state index is -0.227. The number of para-hydroxylation sites is 1. The van der Waals surface area contributed by atoms with E-state index in [-0.39, 0.29) is 12.5 Å². The molecule has 0 radical (unpaired) electrons. The van der Waals surface area contributed by atoms with Gasteiger partial charge in [-0.15, -0.1) is 11.3 Å². The smallest absolute Gasteiger partial charge is 0.262 e. The van der Waals surface area contributed by atoms with E-state index in [1.807, 2.05) is 36.6 Å². The van der Waals surface area contributed by atoms with E-state index in [1.165, 1.54) is 0 Å². The van der Waals surface area contributed by atoms with Crippen LogP contribution in [0.15, 0.2) is 53.9 Å². The summed E-state index contributed by atoms with van der Waals surface area (Å²) < 4.78 is 10.6. The molecule has 0 bridgehead atoms. The van der Waals surface area contributed by atoms with E-state index in [2.05, 4.69) is 10.3 Å². The molecular weight excluding hydrogens is 336 g/mol. The fraction of sp³-hybridized carbons (Fsp3) is 0.158. The molecule has 5 nitrogen and oxygen atoms in total. The van der Waals surface area contributed by atoms with E-state index in [4.69, 9.17) is 9.47 Å². The number of anilines is 1. The van der Waals surface area contributed by atoms with E-state index < -0.39 is 0 Å². The molecule has 6 heteroatoms. The van der Waals surface area contributed by atoms with Crippen molar-refractivity contribution in [3.8, 4) is 22.8 Å². The van der Waals surface area contributed by atoms with Gasteiger partial charge in [-0.3, -0.25) is 4.79 Å². The summed E-state index contributed by atoms with van der Waals surface area (Å²) in [5.74, 6) is 1.12. The van der Waals surface area contributed by atoms with Crippen LogP contribution < -0.4 is 14.8 Å². The van der Waals surface area contributed by atoms with Gasteiger partial charge in [-0.1, -0.05) is 18.2 Å². The third kappa shape index (κ3) is 4.36. The van der Waals surface area contributed by atoms with Gasteiger partial charge in [0.05, 0.1) is 23.5 Å².